The van der Waals surface area contributed by atoms with Gasteiger partial charge in [-0.25, -0.2) is 0 Å². The third kappa shape index (κ3) is 2.47. The second-order valence-electron chi connectivity index (χ2n) is 2.45. The van der Waals surface area contributed by atoms with Crippen LogP contribution in [0.2, 0.25) is 5.02 Å². The van der Waals surface area contributed by atoms with Gasteiger partial charge in [0.25, 0.3) is 0 Å². The van der Waals surface area contributed by atoms with Crippen molar-refractivity contribution in [3.8, 4) is 5.75 Å². The maximum absolute atomic E-state index is 8.60. The van der Waals surface area contributed by atoms with Gasteiger partial charge in [-0.05, 0) is 6.07 Å². The van der Waals surface area contributed by atoms with Crippen LogP contribution in [-0.2, 0) is 0 Å². The summed E-state index contributed by atoms with van der Waals surface area (Å²) in [6, 6.07) is 5.47. The van der Waals surface area contributed by atoms with E-state index in [-0.39, 0.29) is 6.61 Å². The maximum atomic E-state index is 8.60. The summed E-state index contributed by atoms with van der Waals surface area (Å²) in [6.45, 7) is 0.00959. The van der Waals surface area contributed by atoms with Gasteiger partial charge in [0.1, 0.15) is 5.75 Å². The number of hydrogen-bond acceptors (Lipinski definition) is 2. The number of methoxy groups -OCH3 is 1. The average Bonchev–Trinajstić information content (AvgIpc) is 2.15. The van der Waals surface area contributed by atoms with Gasteiger partial charge in [-0.2, -0.15) is 0 Å². The second-order valence-corrected chi connectivity index (χ2v) is 2.85. The molecule has 0 spiro atoms. The van der Waals surface area contributed by atoms with Gasteiger partial charge in [0.2, 0.25) is 0 Å². The fourth-order valence-corrected chi connectivity index (χ4v) is 1.31. The third-order valence-electron chi connectivity index (χ3n) is 1.60. The zero-order valence-electron chi connectivity index (χ0n) is 7.33. The molecule has 1 aromatic carbocycles. The number of rotatable bonds is 3. The number of aliphatic hydroxyl groups is 1. The summed E-state index contributed by atoms with van der Waals surface area (Å²) in [4.78, 5) is 0. The van der Waals surface area contributed by atoms with Crippen molar-refractivity contribution in [2.45, 2.75) is 0 Å². The molecule has 1 rings (SSSR count). The zero-order chi connectivity index (χ0) is 9.68. The first-order chi connectivity index (χ1) is 6.29. The van der Waals surface area contributed by atoms with Crippen molar-refractivity contribution in [2.75, 3.05) is 13.7 Å². The van der Waals surface area contributed by atoms with Gasteiger partial charge >= 0.3 is 0 Å². The molecule has 1 aromatic rings. The topological polar surface area (TPSA) is 29.5 Å². The third-order valence-corrected chi connectivity index (χ3v) is 1.90. The molecule has 0 radical (unpaired) electrons. The van der Waals surface area contributed by atoms with E-state index in [2.05, 4.69) is 0 Å². The number of hydrogen-bond donors (Lipinski definition) is 1. The molecule has 0 unspecified atom stereocenters. The number of benzene rings is 1. The molecule has 70 valence electrons. The van der Waals surface area contributed by atoms with Gasteiger partial charge in [0.05, 0.1) is 18.7 Å². The lowest BCUT2D eigenvalue weighted by Crippen LogP contribution is -1.87. The first-order valence-electron chi connectivity index (χ1n) is 3.89. The highest BCUT2D eigenvalue weighted by molar-refractivity contribution is 6.32. The minimum Gasteiger partial charge on any atom is -0.495 e. The fourth-order valence-electron chi connectivity index (χ4n) is 1.05. The van der Waals surface area contributed by atoms with E-state index in [9.17, 15) is 0 Å². The Bertz CT molecular complexity index is 308. The standard InChI is InChI=1S/C10H11ClO2/c1-13-10-8(5-3-7-12)4-2-6-9(10)11/h2-6,12H,7H2,1H3. The SMILES string of the molecule is COc1c(Cl)cccc1C=CCO. The Morgan fingerprint density at radius 3 is 2.92 bits per heavy atom. The van der Waals surface area contributed by atoms with E-state index in [0.717, 1.165) is 5.56 Å². The summed E-state index contributed by atoms with van der Waals surface area (Å²) in [5.74, 6) is 0.633. The monoisotopic (exact) mass is 198 g/mol. The van der Waals surface area contributed by atoms with Crippen LogP contribution in [0.15, 0.2) is 24.3 Å². The molecule has 3 heteroatoms. The van der Waals surface area contributed by atoms with E-state index in [1.54, 1.807) is 25.3 Å². The predicted molar refractivity (Wildman–Crippen MR) is 54.1 cm³/mol. The summed E-state index contributed by atoms with van der Waals surface area (Å²) < 4.78 is 5.11. The van der Waals surface area contributed by atoms with Gasteiger partial charge in [-0.15, -0.1) is 0 Å². The predicted octanol–water partition coefficient (Wildman–Crippen LogP) is 2.35. The van der Waals surface area contributed by atoms with Crippen molar-refractivity contribution in [3.63, 3.8) is 0 Å². The van der Waals surface area contributed by atoms with Crippen LogP contribution in [0.3, 0.4) is 0 Å². The van der Waals surface area contributed by atoms with E-state index in [1.807, 2.05) is 12.1 Å². The molecular formula is C10H11ClO2. The molecule has 13 heavy (non-hydrogen) atoms. The number of halogens is 1. The van der Waals surface area contributed by atoms with Gasteiger partial charge in [0.15, 0.2) is 0 Å². The van der Waals surface area contributed by atoms with Crippen molar-refractivity contribution in [3.05, 3.63) is 34.9 Å². The van der Waals surface area contributed by atoms with Gasteiger partial charge < -0.3 is 9.84 Å². The number of para-hydroxylation sites is 1. The summed E-state index contributed by atoms with van der Waals surface area (Å²) in [7, 11) is 1.57. The van der Waals surface area contributed by atoms with Crippen LogP contribution in [0.25, 0.3) is 6.08 Å². The Morgan fingerprint density at radius 1 is 1.54 bits per heavy atom. The van der Waals surface area contributed by atoms with Crippen molar-refractivity contribution in [2.24, 2.45) is 0 Å². The van der Waals surface area contributed by atoms with Crippen molar-refractivity contribution < 1.29 is 9.84 Å². The zero-order valence-corrected chi connectivity index (χ0v) is 8.08. The highest BCUT2D eigenvalue weighted by atomic mass is 35.5. The molecule has 0 amide bonds. The van der Waals surface area contributed by atoms with E-state index < -0.39 is 0 Å². The Balaban J connectivity index is 3.05. The van der Waals surface area contributed by atoms with Crippen LogP contribution in [0, 0.1) is 0 Å². The number of ether oxygens (including phenoxy) is 1. The largest absolute Gasteiger partial charge is 0.495 e. The molecule has 0 aliphatic rings. The van der Waals surface area contributed by atoms with Crippen LogP contribution >= 0.6 is 11.6 Å². The van der Waals surface area contributed by atoms with Crippen LogP contribution in [0.1, 0.15) is 5.56 Å². The van der Waals surface area contributed by atoms with Crippen LogP contribution in [0.4, 0.5) is 0 Å². The fraction of sp³-hybridized carbons (Fsp3) is 0.200. The summed E-state index contributed by atoms with van der Waals surface area (Å²) >= 11 is 5.89. The first-order valence-corrected chi connectivity index (χ1v) is 4.27. The van der Waals surface area contributed by atoms with Crippen molar-refractivity contribution >= 4 is 17.7 Å². The molecule has 0 saturated carbocycles. The molecule has 0 bridgehead atoms. The molecule has 0 fully saturated rings. The Hall–Kier alpha value is -0.990. The Labute approximate surface area is 82.4 Å². The maximum Gasteiger partial charge on any atom is 0.144 e. The van der Waals surface area contributed by atoms with Crippen LogP contribution in [-0.4, -0.2) is 18.8 Å². The van der Waals surface area contributed by atoms with Gasteiger partial charge in [-0.1, -0.05) is 35.9 Å². The quantitative estimate of drug-likeness (QED) is 0.808. The Morgan fingerprint density at radius 2 is 2.31 bits per heavy atom. The van der Waals surface area contributed by atoms with Crippen LogP contribution in [0.5, 0.6) is 5.75 Å². The molecule has 0 atom stereocenters. The normalized spacial score (nSPS) is 10.7. The first kappa shape index (κ1) is 10.1. The minimum atomic E-state index is 0.00959. The minimum absolute atomic E-state index is 0.00959. The van der Waals surface area contributed by atoms with Crippen molar-refractivity contribution in [1.82, 2.24) is 0 Å². The lowest BCUT2D eigenvalue weighted by molar-refractivity contribution is 0.343. The highest BCUT2D eigenvalue weighted by Crippen LogP contribution is 2.28. The lowest BCUT2D eigenvalue weighted by Gasteiger charge is -2.05. The van der Waals surface area contributed by atoms with Gasteiger partial charge in [0, 0.05) is 5.56 Å². The average molecular weight is 199 g/mol. The van der Waals surface area contributed by atoms with Crippen LogP contribution < -0.4 is 4.74 Å². The molecule has 0 aliphatic heterocycles. The highest BCUT2D eigenvalue weighted by Gasteiger charge is 2.03. The second kappa shape index (κ2) is 4.90. The summed E-state index contributed by atoms with van der Waals surface area (Å²) in [6.07, 6.45) is 3.40. The molecule has 0 heterocycles. The van der Waals surface area contributed by atoms with E-state index in [1.165, 1.54) is 0 Å². The molecule has 0 aliphatic carbocycles. The summed E-state index contributed by atoms with van der Waals surface area (Å²) in [5, 5.41) is 9.17. The number of aliphatic hydroxyl groups excluding tert-OH is 1. The molecular weight excluding hydrogens is 188 g/mol. The smallest absolute Gasteiger partial charge is 0.144 e. The molecule has 0 aromatic heterocycles. The van der Waals surface area contributed by atoms with Crippen molar-refractivity contribution in [1.29, 1.82) is 0 Å². The van der Waals surface area contributed by atoms with E-state index >= 15 is 0 Å². The van der Waals surface area contributed by atoms with E-state index in [0.29, 0.717) is 10.8 Å². The molecule has 1 N–H and O–H groups in total. The molecule has 2 nitrogen and oxygen atoms in total. The summed E-state index contributed by atoms with van der Waals surface area (Å²) in [5.41, 5.74) is 0.865. The van der Waals surface area contributed by atoms with E-state index in [4.69, 9.17) is 21.4 Å². The lowest BCUT2D eigenvalue weighted by atomic mass is 10.2. The molecule has 0 saturated heterocycles. The Kier molecular flexibility index (Phi) is 3.80. The van der Waals surface area contributed by atoms with Gasteiger partial charge in [-0.3, -0.25) is 0 Å².